The highest BCUT2D eigenvalue weighted by Crippen LogP contribution is 2.24. The van der Waals surface area contributed by atoms with Crippen molar-refractivity contribution in [2.45, 2.75) is 19.8 Å². The van der Waals surface area contributed by atoms with Crippen LogP contribution < -0.4 is 0 Å². The molecule has 1 aromatic carbocycles. The SMILES string of the molecule is CC(C)COC(=O)[C@@H](C#N)c1nc2ccccc2nc1Cl. The molecule has 5 nitrogen and oxygen atoms in total. The minimum atomic E-state index is -1.17. The van der Waals surface area contributed by atoms with Crippen LogP contribution in [-0.2, 0) is 9.53 Å². The zero-order valence-electron chi connectivity index (χ0n) is 11.7. The van der Waals surface area contributed by atoms with E-state index in [1.165, 1.54) is 0 Å². The van der Waals surface area contributed by atoms with Crippen LogP contribution in [0.3, 0.4) is 0 Å². The van der Waals surface area contributed by atoms with Gasteiger partial charge in [-0.3, -0.25) is 4.79 Å². The predicted octanol–water partition coefficient (Wildman–Crippen LogP) is 3.09. The maximum Gasteiger partial charge on any atom is 0.329 e. The molecule has 1 aromatic heterocycles. The van der Waals surface area contributed by atoms with Gasteiger partial charge in [-0.25, -0.2) is 9.97 Å². The molecule has 6 heteroatoms. The Morgan fingerprint density at radius 3 is 2.52 bits per heavy atom. The standard InChI is InChI=1S/C15H14ClN3O2/c1-9(2)8-21-15(20)10(7-17)13-14(16)19-12-6-4-3-5-11(12)18-13/h3-6,9-10H,8H2,1-2H3/t10-/m0/s1. The van der Waals surface area contributed by atoms with Crippen LogP contribution in [-0.4, -0.2) is 22.5 Å². The average molecular weight is 304 g/mol. The monoisotopic (exact) mass is 303 g/mol. The minimum absolute atomic E-state index is 0.0433. The smallest absolute Gasteiger partial charge is 0.329 e. The second-order valence-electron chi connectivity index (χ2n) is 4.97. The number of nitrogens with zero attached hydrogens (tertiary/aromatic N) is 3. The van der Waals surface area contributed by atoms with Gasteiger partial charge in [0.1, 0.15) is 5.69 Å². The highest BCUT2D eigenvalue weighted by atomic mass is 35.5. The fourth-order valence-corrected chi connectivity index (χ4v) is 1.98. The molecular formula is C15H14ClN3O2. The third kappa shape index (κ3) is 3.47. The number of halogens is 1. The van der Waals surface area contributed by atoms with E-state index >= 15 is 0 Å². The highest BCUT2D eigenvalue weighted by molar-refractivity contribution is 6.30. The number of para-hydroxylation sites is 2. The summed E-state index contributed by atoms with van der Waals surface area (Å²) in [7, 11) is 0. The van der Waals surface area contributed by atoms with Gasteiger partial charge in [-0.2, -0.15) is 5.26 Å². The molecule has 0 radical (unpaired) electrons. The van der Waals surface area contributed by atoms with Crippen LogP contribution in [0.25, 0.3) is 11.0 Å². The number of carbonyl (C=O) groups is 1. The first kappa shape index (κ1) is 15.2. The number of hydrogen-bond acceptors (Lipinski definition) is 5. The van der Waals surface area contributed by atoms with Gasteiger partial charge in [-0.05, 0) is 18.1 Å². The molecule has 0 bridgehead atoms. The maximum absolute atomic E-state index is 12.0. The molecule has 0 N–H and O–H groups in total. The molecule has 0 aliphatic heterocycles. The van der Waals surface area contributed by atoms with Gasteiger partial charge in [0.15, 0.2) is 11.1 Å². The molecule has 21 heavy (non-hydrogen) atoms. The van der Waals surface area contributed by atoms with Crippen LogP contribution in [0.5, 0.6) is 0 Å². The van der Waals surface area contributed by atoms with Crippen LogP contribution in [0.4, 0.5) is 0 Å². The molecule has 2 aromatic rings. The topological polar surface area (TPSA) is 75.9 Å². The lowest BCUT2D eigenvalue weighted by atomic mass is 10.1. The van der Waals surface area contributed by atoms with Crippen molar-refractivity contribution in [1.82, 2.24) is 9.97 Å². The van der Waals surface area contributed by atoms with Crippen molar-refractivity contribution in [2.24, 2.45) is 5.92 Å². The summed E-state index contributed by atoms with van der Waals surface area (Å²) in [6.45, 7) is 4.07. The van der Waals surface area contributed by atoms with Gasteiger partial charge in [0.25, 0.3) is 0 Å². The average Bonchev–Trinajstić information content (AvgIpc) is 2.46. The van der Waals surface area contributed by atoms with Crippen molar-refractivity contribution in [3.05, 3.63) is 35.1 Å². The van der Waals surface area contributed by atoms with E-state index in [4.69, 9.17) is 16.3 Å². The van der Waals surface area contributed by atoms with Crippen LogP contribution in [0, 0.1) is 17.2 Å². The third-order valence-corrected chi connectivity index (χ3v) is 3.03. The molecule has 0 spiro atoms. The fraction of sp³-hybridized carbons (Fsp3) is 0.333. The van der Waals surface area contributed by atoms with Crippen molar-refractivity contribution < 1.29 is 9.53 Å². The van der Waals surface area contributed by atoms with Crippen LogP contribution in [0.2, 0.25) is 5.15 Å². The van der Waals surface area contributed by atoms with Gasteiger partial charge in [-0.15, -0.1) is 0 Å². The fourth-order valence-electron chi connectivity index (χ4n) is 1.73. The first-order valence-corrected chi connectivity index (χ1v) is 6.89. The van der Waals surface area contributed by atoms with E-state index in [1.54, 1.807) is 18.2 Å². The number of rotatable bonds is 4. The summed E-state index contributed by atoms with van der Waals surface area (Å²) in [5.41, 5.74) is 1.32. The molecule has 1 atom stereocenters. The molecule has 2 rings (SSSR count). The lowest BCUT2D eigenvalue weighted by molar-refractivity contribution is -0.145. The molecule has 0 saturated heterocycles. The summed E-state index contributed by atoms with van der Waals surface area (Å²) in [5.74, 6) is -1.64. The molecular weight excluding hydrogens is 290 g/mol. The molecule has 0 aliphatic rings. The molecule has 0 amide bonds. The van der Waals surface area contributed by atoms with Crippen molar-refractivity contribution in [2.75, 3.05) is 6.61 Å². The summed E-state index contributed by atoms with van der Waals surface area (Å²) < 4.78 is 5.09. The summed E-state index contributed by atoms with van der Waals surface area (Å²) in [6, 6.07) is 9.00. The van der Waals surface area contributed by atoms with Gasteiger partial charge in [-0.1, -0.05) is 37.6 Å². The summed E-state index contributed by atoms with van der Waals surface area (Å²) in [6.07, 6.45) is 0. The Labute approximate surface area is 127 Å². The Bertz CT molecular complexity index is 710. The summed E-state index contributed by atoms with van der Waals surface area (Å²) in [5, 5.41) is 9.28. The number of ether oxygens (including phenoxy) is 1. The van der Waals surface area contributed by atoms with Gasteiger partial charge in [0.2, 0.25) is 0 Å². The number of aromatic nitrogens is 2. The normalized spacial score (nSPS) is 12.1. The second-order valence-corrected chi connectivity index (χ2v) is 5.33. The van der Waals surface area contributed by atoms with Gasteiger partial charge < -0.3 is 4.74 Å². The van der Waals surface area contributed by atoms with Crippen LogP contribution in [0.1, 0.15) is 25.5 Å². The second kappa shape index (κ2) is 6.51. The summed E-state index contributed by atoms with van der Waals surface area (Å²) >= 11 is 6.05. The lowest BCUT2D eigenvalue weighted by Crippen LogP contribution is -2.19. The molecule has 1 heterocycles. The minimum Gasteiger partial charge on any atom is -0.464 e. The molecule has 0 unspecified atom stereocenters. The van der Waals surface area contributed by atoms with Gasteiger partial charge in [0, 0.05) is 0 Å². The summed E-state index contributed by atoms with van der Waals surface area (Å²) in [4.78, 5) is 20.4. The lowest BCUT2D eigenvalue weighted by Gasteiger charge is -2.12. The van der Waals surface area contributed by atoms with Crippen molar-refractivity contribution in [3.63, 3.8) is 0 Å². The number of carbonyl (C=O) groups excluding carboxylic acids is 1. The van der Waals surface area contributed by atoms with Gasteiger partial charge >= 0.3 is 5.97 Å². The Balaban J connectivity index is 2.36. The third-order valence-electron chi connectivity index (χ3n) is 2.75. The van der Waals surface area contributed by atoms with Gasteiger partial charge in [0.05, 0.1) is 23.7 Å². The van der Waals surface area contributed by atoms with E-state index in [0.717, 1.165) is 0 Å². The number of fused-ring (bicyclic) bond motifs is 1. The van der Waals surface area contributed by atoms with E-state index in [1.807, 2.05) is 26.0 Å². The first-order valence-electron chi connectivity index (χ1n) is 6.51. The number of benzene rings is 1. The highest BCUT2D eigenvalue weighted by Gasteiger charge is 2.27. The van der Waals surface area contributed by atoms with Crippen LogP contribution >= 0.6 is 11.6 Å². The Hall–Kier alpha value is -2.19. The number of esters is 1. The Kier molecular flexibility index (Phi) is 4.71. The van der Waals surface area contributed by atoms with Crippen molar-refractivity contribution in [1.29, 1.82) is 5.26 Å². The van der Waals surface area contributed by atoms with E-state index in [-0.39, 0.29) is 23.4 Å². The molecule has 0 saturated carbocycles. The molecule has 0 aliphatic carbocycles. The van der Waals surface area contributed by atoms with E-state index in [0.29, 0.717) is 11.0 Å². The maximum atomic E-state index is 12.0. The number of hydrogen-bond donors (Lipinski definition) is 0. The predicted molar refractivity (Wildman–Crippen MR) is 78.7 cm³/mol. The van der Waals surface area contributed by atoms with E-state index in [9.17, 15) is 10.1 Å². The van der Waals surface area contributed by atoms with Crippen LogP contribution in [0.15, 0.2) is 24.3 Å². The number of nitriles is 1. The first-order chi connectivity index (χ1) is 10.0. The molecule has 0 fully saturated rings. The van der Waals surface area contributed by atoms with E-state index in [2.05, 4.69) is 9.97 Å². The quantitative estimate of drug-likeness (QED) is 0.811. The van der Waals surface area contributed by atoms with E-state index < -0.39 is 11.9 Å². The van der Waals surface area contributed by atoms with Crippen molar-refractivity contribution in [3.8, 4) is 6.07 Å². The Morgan fingerprint density at radius 2 is 1.95 bits per heavy atom. The zero-order chi connectivity index (χ0) is 15.4. The largest absolute Gasteiger partial charge is 0.464 e. The Morgan fingerprint density at radius 1 is 1.33 bits per heavy atom. The molecule has 108 valence electrons. The van der Waals surface area contributed by atoms with Crippen molar-refractivity contribution >= 4 is 28.6 Å². The zero-order valence-corrected chi connectivity index (χ0v) is 12.5.